The van der Waals surface area contributed by atoms with E-state index in [0.29, 0.717) is 11.3 Å². The SMILES string of the molecule is CCCc1cc([C@@H]2CC2(C)C)ccc1F. The molecule has 0 aromatic heterocycles. The third-order valence-corrected chi connectivity index (χ3v) is 3.50. The molecule has 1 heteroatoms. The molecular formula is C14H19F. The Hall–Kier alpha value is -0.850. The van der Waals surface area contributed by atoms with Crippen LogP contribution in [0.4, 0.5) is 4.39 Å². The highest BCUT2D eigenvalue weighted by Gasteiger charge is 2.46. The molecule has 0 aliphatic heterocycles. The van der Waals surface area contributed by atoms with E-state index in [0.717, 1.165) is 18.4 Å². The van der Waals surface area contributed by atoms with Crippen LogP contribution in [0.1, 0.15) is 50.7 Å². The zero-order chi connectivity index (χ0) is 11.1. The molecule has 0 saturated heterocycles. The quantitative estimate of drug-likeness (QED) is 0.692. The summed E-state index contributed by atoms with van der Waals surface area (Å²) in [6.07, 6.45) is 3.10. The molecule has 1 atom stereocenters. The van der Waals surface area contributed by atoms with Crippen molar-refractivity contribution < 1.29 is 4.39 Å². The van der Waals surface area contributed by atoms with E-state index in [-0.39, 0.29) is 5.82 Å². The van der Waals surface area contributed by atoms with Gasteiger partial charge in [-0.2, -0.15) is 0 Å². The minimum atomic E-state index is -0.0425. The molecule has 1 aliphatic carbocycles. The highest BCUT2D eigenvalue weighted by molar-refractivity contribution is 5.33. The molecule has 1 aliphatic rings. The Morgan fingerprint density at radius 2 is 2.07 bits per heavy atom. The van der Waals surface area contributed by atoms with Crippen LogP contribution < -0.4 is 0 Å². The normalized spacial score (nSPS) is 22.8. The molecule has 1 aromatic carbocycles. The van der Waals surface area contributed by atoms with E-state index < -0.39 is 0 Å². The third-order valence-electron chi connectivity index (χ3n) is 3.50. The topological polar surface area (TPSA) is 0 Å². The molecule has 0 unspecified atom stereocenters. The molecule has 1 fully saturated rings. The lowest BCUT2D eigenvalue weighted by atomic mass is 9.99. The minimum Gasteiger partial charge on any atom is -0.207 e. The maximum absolute atomic E-state index is 13.4. The van der Waals surface area contributed by atoms with Crippen molar-refractivity contribution in [2.45, 2.75) is 46.0 Å². The standard InChI is InChI=1S/C14H19F/c1-4-5-11-8-10(6-7-13(11)15)12-9-14(12,2)3/h6-8,12H,4-5,9H2,1-3H3/t12-/m0/s1. The first-order chi connectivity index (χ1) is 7.04. The molecule has 0 N–H and O–H groups in total. The van der Waals surface area contributed by atoms with Crippen LogP contribution in [0.15, 0.2) is 18.2 Å². The van der Waals surface area contributed by atoms with Crippen molar-refractivity contribution in [1.82, 2.24) is 0 Å². The van der Waals surface area contributed by atoms with Crippen LogP contribution in [-0.2, 0) is 6.42 Å². The summed E-state index contributed by atoms with van der Waals surface area (Å²) < 4.78 is 13.4. The van der Waals surface area contributed by atoms with Gasteiger partial charge in [0.15, 0.2) is 0 Å². The van der Waals surface area contributed by atoms with Gasteiger partial charge in [0.05, 0.1) is 0 Å². The lowest BCUT2D eigenvalue weighted by Gasteiger charge is -2.07. The van der Waals surface area contributed by atoms with Crippen molar-refractivity contribution in [3.8, 4) is 0 Å². The van der Waals surface area contributed by atoms with Gasteiger partial charge in [0.25, 0.3) is 0 Å². The van der Waals surface area contributed by atoms with Crippen molar-refractivity contribution >= 4 is 0 Å². The van der Waals surface area contributed by atoms with Crippen LogP contribution >= 0.6 is 0 Å². The number of benzene rings is 1. The lowest BCUT2D eigenvalue weighted by molar-refractivity contribution is 0.600. The van der Waals surface area contributed by atoms with Gasteiger partial charge in [0.2, 0.25) is 0 Å². The summed E-state index contributed by atoms with van der Waals surface area (Å²) >= 11 is 0. The first-order valence-electron chi connectivity index (χ1n) is 5.83. The molecule has 1 aromatic rings. The second-order valence-electron chi connectivity index (χ2n) is 5.35. The fraction of sp³-hybridized carbons (Fsp3) is 0.571. The molecule has 0 nitrogen and oxygen atoms in total. The molecule has 0 radical (unpaired) electrons. The number of rotatable bonds is 3. The Morgan fingerprint density at radius 1 is 1.40 bits per heavy atom. The van der Waals surface area contributed by atoms with E-state index in [9.17, 15) is 4.39 Å². The highest BCUT2D eigenvalue weighted by Crippen LogP contribution is 2.58. The van der Waals surface area contributed by atoms with Gasteiger partial charge in [-0.3, -0.25) is 0 Å². The first kappa shape index (κ1) is 10.7. The predicted octanol–water partition coefficient (Wildman–Crippen LogP) is 4.29. The number of hydrogen-bond donors (Lipinski definition) is 0. The van der Waals surface area contributed by atoms with E-state index >= 15 is 0 Å². The summed E-state index contributed by atoms with van der Waals surface area (Å²) in [6.45, 7) is 6.65. The first-order valence-corrected chi connectivity index (χ1v) is 5.83. The zero-order valence-electron chi connectivity index (χ0n) is 9.81. The van der Waals surface area contributed by atoms with Crippen molar-refractivity contribution in [2.75, 3.05) is 0 Å². The Morgan fingerprint density at radius 3 is 2.60 bits per heavy atom. The van der Waals surface area contributed by atoms with Crippen LogP contribution in [0.3, 0.4) is 0 Å². The number of hydrogen-bond acceptors (Lipinski definition) is 0. The number of halogens is 1. The van der Waals surface area contributed by atoms with Crippen LogP contribution in [0.25, 0.3) is 0 Å². The second kappa shape index (κ2) is 3.62. The molecule has 2 rings (SSSR count). The highest BCUT2D eigenvalue weighted by atomic mass is 19.1. The fourth-order valence-corrected chi connectivity index (χ4v) is 2.31. The fourth-order valence-electron chi connectivity index (χ4n) is 2.31. The molecule has 15 heavy (non-hydrogen) atoms. The minimum absolute atomic E-state index is 0.0425. The van der Waals surface area contributed by atoms with Crippen LogP contribution in [0.5, 0.6) is 0 Å². The summed E-state index contributed by atoms with van der Waals surface area (Å²) in [4.78, 5) is 0. The molecule has 0 amide bonds. The summed E-state index contributed by atoms with van der Waals surface area (Å²) in [6, 6.07) is 5.65. The van der Waals surface area contributed by atoms with Gasteiger partial charge in [0.1, 0.15) is 5.82 Å². The summed E-state index contributed by atoms with van der Waals surface area (Å²) in [5.74, 6) is 0.604. The second-order valence-corrected chi connectivity index (χ2v) is 5.35. The number of aryl methyl sites for hydroxylation is 1. The van der Waals surface area contributed by atoms with E-state index in [2.05, 4.69) is 26.8 Å². The van der Waals surface area contributed by atoms with Gasteiger partial charge < -0.3 is 0 Å². The summed E-state index contributed by atoms with van der Waals surface area (Å²) in [5.41, 5.74) is 2.64. The van der Waals surface area contributed by atoms with Crippen molar-refractivity contribution in [1.29, 1.82) is 0 Å². The summed E-state index contributed by atoms with van der Waals surface area (Å²) in [5, 5.41) is 0. The third kappa shape index (κ3) is 2.06. The average molecular weight is 206 g/mol. The Bertz CT molecular complexity index is 366. The van der Waals surface area contributed by atoms with Gasteiger partial charge in [0, 0.05) is 0 Å². The Balaban J connectivity index is 2.24. The van der Waals surface area contributed by atoms with Gasteiger partial charge in [-0.25, -0.2) is 4.39 Å². The Kier molecular flexibility index (Phi) is 2.57. The summed E-state index contributed by atoms with van der Waals surface area (Å²) in [7, 11) is 0. The smallest absolute Gasteiger partial charge is 0.126 e. The maximum atomic E-state index is 13.4. The van der Waals surface area contributed by atoms with Crippen molar-refractivity contribution in [2.24, 2.45) is 5.41 Å². The maximum Gasteiger partial charge on any atom is 0.126 e. The van der Waals surface area contributed by atoms with Crippen molar-refractivity contribution in [3.05, 3.63) is 35.1 Å². The average Bonchev–Trinajstić information content (AvgIpc) is 2.80. The van der Waals surface area contributed by atoms with E-state index in [1.165, 1.54) is 12.0 Å². The molecule has 82 valence electrons. The van der Waals surface area contributed by atoms with E-state index in [1.54, 1.807) is 6.07 Å². The predicted molar refractivity (Wildman–Crippen MR) is 61.5 cm³/mol. The Labute approximate surface area is 91.5 Å². The van der Waals surface area contributed by atoms with E-state index in [4.69, 9.17) is 0 Å². The zero-order valence-corrected chi connectivity index (χ0v) is 9.81. The molecule has 0 heterocycles. The van der Waals surface area contributed by atoms with Gasteiger partial charge >= 0.3 is 0 Å². The lowest BCUT2D eigenvalue weighted by Crippen LogP contribution is -1.95. The van der Waals surface area contributed by atoms with Crippen LogP contribution in [-0.4, -0.2) is 0 Å². The van der Waals surface area contributed by atoms with Gasteiger partial charge in [-0.15, -0.1) is 0 Å². The van der Waals surface area contributed by atoms with Crippen LogP contribution in [0, 0.1) is 11.2 Å². The monoisotopic (exact) mass is 206 g/mol. The van der Waals surface area contributed by atoms with E-state index in [1.807, 2.05) is 6.07 Å². The molecule has 1 saturated carbocycles. The van der Waals surface area contributed by atoms with Gasteiger partial charge in [-0.1, -0.05) is 39.3 Å². The molecule has 0 bridgehead atoms. The van der Waals surface area contributed by atoms with Crippen LogP contribution in [0.2, 0.25) is 0 Å². The molecule has 0 spiro atoms. The largest absolute Gasteiger partial charge is 0.207 e. The molecular weight excluding hydrogens is 187 g/mol. The van der Waals surface area contributed by atoms with Gasteiger partial charge in [-0.05, 0) is 41.4 Å². The van der Waals surface area contributed by atoms with Crippen molar-refractivity contribution in [3.63, 3.8) is 0 Å².